The van der Waals surface area contributed by atoms with Crippen LogP contribution in [0.5, 0.6) is 0 Å². The average molecular weight is 354 g/mol. The van der Waals surface area contributed by atoms with Crippen LogP contribution in [0.2, 0.25) is 0 Å². The summed E-state index contributed by atoms with van der Waals surface area (Å²) in [6.07, 6.45) is 3.18. The molecule has 17 heavy (non-hydrogen) atoms. The van der Waals surface area contributed by atoms with Crippen LogP contribution < -0.4 is 16.0 Å². The summed E-state index contributed by atoms with van der Waals surface area (Å²) in [6.45, 7) is 4.38. The van der Waals surface area contributed by atoms with Crippen molar-refractivity contribution < 1.29 is 4.79 Å². The number of nitrogens with zero attached hydrogens (tertiary/aromatic N) is 1. The van der Waals surface area contributed by atoms with Gasteiger partial charge in [-0.15, -0.1) is 24.0 Å². The SMILES string of the molecule is CCCNC(=NC)NCCNC(=O)C1CC1.I. The molecule has 1 aliphatic rings. The van der Waals surface area contributed by atoms with Gasteiger partial charge in [-0.1, -0.05) is 6.92 Å². The van der Waals surface area contributed by atoms with Crippen molar-refractivity contribution in [1.29, 1.82) is 0 Å². The van der Waals surface area contributed by atoms with E-state index in [9.17, 15) is 4.79 Å². The molecule has 1 amide bonds. The zero-order valence-corrected chi connectivity index (χ0v) is 12.9. The minimum Gasteiger partial charge on any atom is -0.356 e. The lowest BCUT2D eigenvalue weighted by molar-refractivity contribution is -0.122. The van der Waals surface area contributed by atoms with E-state index in [1.54, 1.807) is 7.05 Å². The summed E-state index contributed by atoms with van der Waals surface area (Å²) in [5.41, 5.74) is 0. The smallest absolute Gasteiger partial charge is 0.223 e. The molecule has 0 spiro atoms. The lowest BCUT2D eigenvalue weighted by atomic mass is 10.4. The van der Waals surface area contributed by atoms with Gasteiger partial charge >= 0.3 is 0 Å². The zero-order valence-electron chi connectivity index (χ0n) is 10.6. The third kappa shape index (κ3) is 7.40. The molecular formula is C11H23IN4O. The number of halogens is 1. The molecule has 1 saturated carbocycles. The molecule has 1 rings (SSSR count). The van der Waals surface area contributed by atoms with Crippen molar-refractivity contribution in [2.24, 2.45) is 10.9 Å². The van der Waals surface area contributed by atoms with E-state index in [0.29, 0.717) is 13.1 Å². The third-order valence-corrected chi connectivity index (χ3v) is 2.43. The summed E-state index contributed by atoms with van der Waals surface area (Å²) in [5, 5.41) is 9.21. The highest BCUT2D eigenvalue weighted by molar-refractivity contribution is 14.0. The van der Waals surface area contributed by atoms with Gasteiger partial charge in [-0.05, 0) is 19.3 Å². The average Bonchev–Trinajstić information content (AvgIpc) is 3.11. The Hall–Kier alpha value is -0.530. The van der Waals surface area contributed by atoms with Crippen molar-refractivity contribution in [1.82, 2.24) is 16.0 Å². The molecule has 0 radical (unpaired) electrons. The Labute approximate surface area is 120 Å². The summed E-state index contributed by atoms with van der Waals surface area (Å²) >= 11 is 0. The molecule has 5 nitrogen and oxygen atoms in total. The topological polar surface area (TPSA) is 65.5 Å². The first-order valence-corrected chi connectivity index (χ1v) is 6.00. The second-order valence-corrected chi connectivity index (χ2v) is 3.99. The minimum atomic E-state index is 0. The first-order valence-electron chi connectivity index (χ1n) is 6.00. The number of carbonyl (C=O) groups excluding carboxylic acids is 1. The second-order valence-electron chi connectivity index (χ2n) is 3.99. The fourth-order valence-electron chi connectivity index (χ4n) is 1.32. The third-order valence-electron chi connectivity index (χ3n) is 2.43. The highest BCUT2D eigenvalue weighted by Gasteiger charge is 2.28. The lowest BCUT2D eigenvalue weighted by Gasteiger charge is -2.11. The van der Waals surface area contributed by atoms with Crippen molar-refractivity contribution in [3.8, 4) is 0 Å². The molecule has 0 saturated heterocycles. The van der Waals surface area contributed by atoms with Gasteiger partial charge in [0, 0.05) is 32.6 Å². The van der Waals surface area contributed by atoms with Crippen LogP contribution in [0.4, 0.5) is 0 Å². The van der Waals surface area contributed by atoms with E-state index in [1.165, 1.54) is 0 Å². The van der Waals surface area contributed by atoms with Gasteiger partial charge in [0.25, 0.3) is 0 Å². The Balaban J connectivity index is 0.00000256. The van der Waals surface area contributed by atoms with Crippen LogP contribution in [-0.4, -0.2) is 38.5 Å². The molecule has 0 bridgehead atoms. The van der Waals surface area contributed by atoms with Gasteiger partial charge in [-0.2, -0.15) is 0 Å². The quantitative estimate of drug-likeness (QED) is 0.285. The van der Waals surface area contributed by atoms with Gasteiger partial charge in [-0.25, -0.2) is 0 Å². The maximum absolute atomic E-state index is 11.3. The number of rotatable bonds is 6. The van der Waals surface area contributed by atoms with Crippen LogP contribution in [0, 0.1) is 5.92 Å². The van der Waals surface area contributed by atoms with Crippen molar-refractivity contribution in [2.45, 2.75) is 26.2 Å². The van der Waals surface area contributed by atoms with E-state index >= 15 is 0 Å². The van der Waals surface area contributed by atoms with Crippen LogP contribution in [0.1, 0.15) is 26.2 Å². The predicted octanol–water partition coefficient (Wildman–Crippen LogP) is 0.706. The molecule has 6 heteroatoms. The molecule has 0 aromatic carbocycles. The maximum atomic E-state index is 11.3. The van der Waals surface area contributed by atoms with E-state index in [1.807, 2.05) is 0 Å². The Kier molecular flexibility index (Phi) is 9.20. The van der Waals surface area contributed by atoms with Crippen LogP contribution in [-0.2, 0) is 4.79 Å². The van der Waals surface area contributed by atoms with Crippen LogP contribution in [0.25, 0.3) is 0 Å². The number of amides is 1. The summed E-state index contributed by atoms with van der Waals surface area (Å²) in [6, 6.07) is 0. The van der Waals surface area contributed by atoms with E-state index < -0.39 is 0 Å². The molecule has 3 N–H and O–H groups in total. The Morgan fingerprint density at radius 3 is 2.29 bits per heavy atom. The van der Waals surface area contributed by atoms with E-state index in [4.69, 9.17) is 0 Å². The van der Waals surface area contributed by atoms with Gasteiger partial charge in [-0.3, -0.25) is 9.79 Å². The highest BCUT2D eigenvalue weighted by Crippen LogP contribution is 2.28. The summed E-state index contributed by atoms with van der Waals surface area (Å²) < 4.78 is 0. The minimum absolute atomic E-state index is 0. The second kappa shape index (κ2) is 9.49. The Bertz CT molecular complexity index is 254. The molecule has 0 heterocycles. The molecule has 0 atom stereocenters. The normalized spacial score (nSPS) is 14.8. The van der Waals surface area contributed by atoms with Gasteiger partial charge in [0.1, 0.15) is 0 Å². The van der Waals surface area contributed by atoms with Gasteiger partial charge in [0.15, 0.2) is 5.96 Å². The fourth-order valence-corrected chi connectivity index (χ4v) is 1.32. The number of carbonyl (C=O) groups is 1. The molecule has 100 valence electrons. The number of guanidine groups is 1. The van der Waals surface area contributed by atoms with Crippen LogP contribution >= 0.6 is 24.0 Å². The monoisotopic (exact) mass is 354 g/mol. The molecule has 1 fully saturated rings. The molecular weight excluding hydrogens is 331 g/mol. The van der Waals surface area contributed by atoms with E-state index in [2.05, 4.69) is 27.9 Å². The van der Waals surface area contributed by atoms with E-state index in [-0.39, 0.29) is 35.8 Å². The Morgan fingerprint density at radius 1 is 1.18 bits per heavy atom. The summed E-state index contributed by atoms with van der Waals surface area (Å²) in [5.74, 6) is 1.28. The molecule has 0 aromatic heterocycles. The van der Waals surface area contributed by atoms with Gasteiger partial charge < -0.3 is 16.0 Å². The summed E-state index contributed by atoms with van der Waals surface area (Å²) in [7, 11) is 1.74. The predicted molar refractivity (Wildman–Crippen MR) is 80.8 cm³/mol. The highest BCUT2D eigenvalue weighted by atomic mass is 127. The summed E-state index contributed by atoms with van der Waals surface area (Å²) in [4.78, 5) is 15.4. The van der Waals surface area contributed by atoms with Crippen molar-refractivity contribution in [3.05, 3.63) is 0 Å². The largest absolute Gasteiger partial charge is 0.356 e. The molecule has 0 unspecified atom stereocenters. The van der Waals surface area contributed by atoms with Crippen LogP contribution in [0.3, 0.4) is 0 Å². The van der Waals surface area contributed by atoms with Crippen LogP contribution in [0.15, 0.2) is 4.99 Å². The number of hydrogen-bond acceptors (Lipinski definition) is 2. The zero-order chi connectivity index (χ0) is 11.8. The maximum Gasteiger partial charge on any atom is 0.223 e. The van der Waals surface area contributed by atoms with Crippen molar-refractivity contribution in [2.75, 3.05) is 26.7 Å². The van der Waals surface area contributed by atoms with Gasteiger partial charge in [0.05, 0.1) is 0 Å². The van der Waals surface area contributed by atoms with Crippen molar-refractivity contribution in [3.63, 3.8) is 0 Å². The number of hydrogen-bond donors (Lipinski definition) is 3. The molecule has 0 aliphatic heterocycles. The van der Waals surface area contributed by atoms with E-state index in [0.717, 1.165) is 31.8 Å². The fraction of sp³-hybridized carbons (Fsp3) is 0.818. The first-order chi connectivity index (χ1) is 7.77. The number of aliphatic imine (C=N–C) groups is 1. The number of nitrogens with one attached hydrogen (secondary N) is 3. The first kappa shape index (κ1) is 16.5. The standard InChI is InChI=1S/C11H22N4O.HI/c1-3-6-14-11(12-2)15-8-7-13-10(16)9-4-5-9;/h9H,3-8H2,1-2H3,(H,13,16)(H2,12,14,15);1H. The molecule has 1 aliphatic carbocycles. The van der Waals surface area contributed by atoms with Crippen molar-refractivity contribution >= 4 is 35.8 Å². The Morgan fingerprint density at radius 2 is 1.76 bits per heavy atom. The van der Waals surface area contributed by atoms with Gasteiger partial charge in [0.2, 0.25) is 5.91 Å². The lowest BCUT2D eigenvalue weighted by Crippen LogP contribution is -2.41. The molecule has 0 aromatic rings.